The molecule has 144 valence electrons. The monoisotopic (exact) mass is 400 g/mol. The van der Waals surface area contributed by atoms with Crippen molar-refractivity contribution in [1.82, 2.24) is 0 Å². The second kappa shape index (κ2) is 8.10. The maximum absolute atomic E-state index is 13.2. The van der Waals surface area contributed by atoms with Gasteiger partial charge in [-0.15, -0.1) is 0 Å². The summed E-state index contributed by atoms with van der Waals surface area (Å²) in [6.07, 6.45) is 1.03. The fourth-order valence-electron chi connectivity index (χ4n) is 2.41. The summed E-state index contributed by atoms with van der Waals surface area (Å²) >= 11 is 0. The number of halogens is 1. The molecule has 0 aliphatic carbocycles. The van der Waals surface area contributed by atoms with E-state index < -0.39 is 21.7 Å². The minimum atomic E-state index is -3.43. The van der Waals surface area contributed by atoms with Crippen molar-refractivity contribution in [2.24, 2.45) is 0 Å². The molecule has 3 rings (SSSR count). The molecule has 0 spiro atoms. The van der Waals surface area contributed by atoms with E-state index >= 15 is 0 Å². The Labute approximate surface area is 162 Å². The zero-order valence-corrected chi connectivity index (χ0v) is 15.7. The Bertz CT molecular complexity index is 1100. The zero-order valence-electron chi connectivity index (χ0n) is 14.8. The lowest BCUT2D eigenvalue weighted by atomic mass is 10.2. The zero-order chi connectivity index (χ0) is 20.1. The minimum absolute atomic E-state index is 0.300. The van der Waals surface area contributed by atoms with Gasteiger partial charge in [0, 0.05) is 23.0 Å². The van der Waals surface area contributed by atoms with Crippen LogP contribution in [0, 0.1) is 5.82 Å². The number of amides is 1. The first-order chi connectivity index (χ1) is 13.3. The van der Waals surface area contributed by atoms with Crippen LogP contribution >= 0.6 is 0 Å². The summed E-state index contributed by atoms with van der Waals surface area (Å²) in [4.78, 5) is 12.4. The normalized spacial score (nSPS) is 10.9. The van der Waals surface area contributed by atoms with E-state index in [0.29, 0.717) is 28.4 Å². The predicted molar refractivity (Wildman–Crippen MR) is 106 cm³/mol. The number of carbonyl (C=O) groups is 1. The van der Waals surface area contributed by atoms with Crippen molar-refractivity contribution < 1.29 is 22.3 Å². The van der Waals surface area contributed by atoms with Crippen LogP contribution in [0.15, 0.2) is 72.8 Å². The molecule has 0 radical (unpaired) electrons. The van der Waals surface area contributed by atoms with Gasteiger partial charge in [-0.2, -0.15) is 0 Å². The molecule has 28 heavy (non-hydrogen) atoms. The van der Waals surface area contributed by atoms with E-state index in [9.17, 15) is 17.6 Å². The highest BCUT2D eigenvalue weighted by Gasteiger charge is 2.09. The first kappa shape index (κ1) is 19.4. The molecule has 0 aliphatic rings. The lowest BCUT2D eigenvalue weighted by Gasteiger charge is -2.09. The van der Waals surface area contributed by atoms with Crippen molar-refractivity contribution >= 4 is 27.3 Å². The largest absolute Gasteiger partial charge is 0.457 e. The van der Waals surface area contributed by atoms with Gasteiger partial charge in [0.1, 0.15) is 17.3 Å². The lowest BCUT2D eigenvalue weighted by molar-refractivity contribution is 0.102. The molecule has 0 aromatic heterocycles. The van der Waals surface area contributed by atoms with Crippen molar-refractivity contribution in [2.45, 2.75) is 0 Å². The number of hydrogen-bond acceptors (Lipinski definition) is 4. The molecule has 0 bridgehead atoms. The number of anilines is 2. The molecule has 8 heteroatoms. The summed E-state index contributed by atoms with van der Waals surface area (Å²) in [6, 6.07) is 18.5. The average molecular weight is 400 g/mol. The predicted octanol–water partition coefficient (Wildman–Crippen LogP) is 4.24. The first-order valence-electron chi connectivity index (χ1n) is 8.21. The topological polar surface area (TPSA) is 84.5 Å². The van der Waals surface area contributed by atoms with Gasteiger partial charge in [-0.1, -0.05) is 12.1 Å². The van der Waals surface area contributed by atoms with Gasteiger partial charge in [0.2, 0.25) is 10.0 Å². The van der Waals surface area contributed by atoms with Gasteiger partial charge in [0.15, 0.2) is 0 Å². The van der Waals surface area contributed by atoms with E-state index in [1.807, 2.05) is 0 Å². The highest BCUT2D eigenvalue weighted by atomic mass is 32.2. The van der Waals surface area contributed by atoms with E-state index in [1.54, 1.807) is 54.6 Å². The van der Waals surface area contributed by atoms with Gasteiger partial charge >= 0.3 is 0 Å². The minimum Gasteiger partial charge on any atom is -0.457 e. The van der Waals surface area contributed by atoms with Crippen LogP contribution in [0.4, 0.5) is 15.8 Å². The van der Waals surface area contributed by atoms with Crippen LogP contribution < -0.4 is 14.8 Å². The third-order valence-electron chi connectivity index (χ3n) is 3.57. The Morgan fingerprint density at radius 3 is 2.29 bits per heavy atom. The molecular weight excluding hydrogens is 383 g/mol. The smallest absolute Gasteiger partial charge is 0.255 e. The van der Waals surface area contributed by atoms with Crippen LogP contribution in [-0.4, -0.2) is 20.6 Å². The number of carbonyl (C=O) groups excluding carboxylic acids is 1. The van der Waals surface area contributed by atoms with Crippen LogP contribution in [0.3, 0.4) is 0 Å². The number of rotatable bonds is 6. The van der Waals surface area contributed by atoms with E-state index in [2.05, 4.69) is 10.0 Å². The summed E-state index contributed by atoms with van der Waals surface area (Å²) < 4.78 is 43.7. The van der Waals surface area contributed by atoms with Crippen molar-refractivity contribution in [3.63, 3.8) is 0 Å². The van der Waals surface area contributed by atoms with E-state index in [1.165, 1.54) is 18.2 Å². The van der Waals surface area contributed by atoms with Crippen molar-refractivity contribution in [3.8, 4) is 11.5 Å². The number of sulfonamides is 1. The second-order valence-corrected chi connectivity index (χ2v) is 7.74. The summed E-state index contributed by atoms with van der Waals surface area (Å²) in [6.45, 7) is 0. The van der Waals surface area contributed by atoms with Crippen molar-refractivity contribution in [2.75, 3.05) is 16.3 Å². The number of hydrogen-bond donors (Lipinski definition) is 2. The fourth-order valence-corrected chi connectivity index (χ4v) is 2.97. The molecule has 0 unspecified atom stereocenters. The Morgan fingerprint density at radius 2 is 1.61 bits per heavy atom. The molecule has 0 aliphatic heterocycles. The third kappa shape index (κ3) is 5.55. The lowest BCUT2D eigenvalue weighted by Crippen LogP contribution is -2.13. The Kier molecular flexibility index (Phi) is 5.60. The van der Waals surface area contributed by atoms with E-state index in [4.69, 9.17) is 4.74 Å². The number of nitrogens with one attached hydrogen (secondary N) is 2. The molecule has 0 saturated heterocycles. The van der Waals surface area contributed by atoms with Gasteiger partial charge in [0.25, 0.3) is 5.91 Å². The molecule has 3 aromatic rings. The maximum atomic E-state index is 13.2. The molecule has 6 nitrogen and oxygen atoms in total. The van der Waals surface area contributed by atoms with Gasteiger partial charge in [-0.25, -0.2) is 12.8 Å². The highest BCUT2D eigenvalue weighted by molar-refractivity contribution is 7.92. The summed E-state index contributed by atoms with van der Waals surface area (Å²) in [5.74, 6) is 0.0693. The summed E-state index contributed by atoms with van der Waals surface area (Å²) in [7, 11) is -3.43. The maximum Gasteiger partial charge on any atom is 0.255 e. The van der Waals surface area contributed by atoms with Crippen LogP contribution in [0.2, 0.25) is 0 Å². The molecular formula is C20H17FN2O4S. The molecule has 3 aromatic carbocycles. The average Bonchev–Trinajstić information content (AvgIpc) is 2.62. The Balaban J connectivity index is 1.67. The van der Waals surface area contributed by atoms with Crippen LogP contribution in [0.1, 0.15) is 10.4 Å². The molecule has 2 N–H and O–H groups in total. The third-order valence-corrected chi connectivity index (χ3v) is 4.18. The van der Waals surface area contributed by atoms with Crippen LogP contribution in [0.25, 0.3) is 0 Å². The van der Waals surface area contributed by atoms with Crippen LogP contribution in [-0.2, 0) is 10.0 Å². The number of ether oxygens (including phenoxy) is 1. The molecule has 0 fully saturated rings. The van der Waals surface area contributed by atoms with Crippen molar-refractivity contribution in [3.05, 3.63) is 84.2 Å². The SMILES string of the molecule is CS(=O)(=O)Nc1cccc(C(=O)Nc2ccc(Oc3cccc(F)c3)cc2)c1. The summed E-state index contributed by atoms with van der Waals surface area (Å²) in [5, 5.41) is 2.72. The van der Waals surface area contributed by atoms with E-state index in [-0.39, 0.29) is 0 Å². The van der Waals surface area contributed by atoms with Crippen molar-refractivity contribution in [1.29, 1.82) is 0 Å². The quantitative estimate of drug-likeness (QED) is 0.648. The number of benzene rings is 3. The fraction of sp³-hybridized carbons (Fsp3) is 0.0500. The van der Waals surface area contributed by atoms with Gasteiger partial charge in [-0.3, -0.25) is 9.52 Å². The second-order valence-electron chi connectivity index (χ2n) is 5.99. The molecule has 1 amide bonds. The standard InChI is InChI=1S/C20H17FN2O4S/c1-28(25,26)23-17-6-2-4-14(12-17)20(24)22-16-8-10-18(11-9-16)27-19-7-3-5-15(21)13-19/h2-13,23H,1H3,(H,22,24). The van der Waals surface area contributed by atoms with Gasteiger partial charge in [-0.05, 0) is 54.6 Å². The highest BCUT2D eigenvalue weighted by Crippen LogP contribution is 2.24. The van der Waals surface area contributed by atoms with E-state index in [0.717, 1.165) is 6.26 Å². The molecule has 0 heterocycles. The summed E-state index contributed by atoms with van der Waals surface area (Å²) in [5.41, 5.74) is 1.13. The molecule has 0 atom stereocenters. The van der Waals surface area contributed by atoms with Gasteiger partial charge < -0.3 is 10.1 Å². The first-order valence-corrected chi connectivity index (χ1v) is 10.1. The van der Waals surface area contributed by atoms with Gasteiger partial charge in [0.05, 0.1) is 6.26 Å². The van der Waals surface area contributed by atoms with Crippen LogP contribution in [0.5, 0.6) is 11.5 Å². The Hall–Kier alpha value is -3.39. The Morgan fingerprint density at radius 1 is 0.893 bits per heavy atom. The molecule has 0 saturated carbocycles.